The molecule has 2 aromatic rings. The van der Waals surface area contributed by atoms with Gasteiger partial charge >= 0.3 is 0 Å². The van der Waals surface area contributed by atoms with E-state index in [1.807, 2.05) is 6.92 Å². The summed E-state index contributed by atoms with van der Waals surface area (Å²) in [5.74, 6) is -0.202. The maximum atomic E-state index is 12.6. The zero-order chi connectivity index (χ0) is 17.6. The van der Waals surface area contributed by atoms with Crippen LogP contribution >= 0.6 is 0 Å². The highest BCUT2D eigenvalue weighted by molar-refractivity contribution is 5.92. The minimum absolute atomic E-state index is 0.102. The fourth-order valence-electron chi connectivity index (χ4n) is 2.82. The molecule has 3 rings (SSSR count). The first kappa shape index (κ1) is 17.5. The summed E-state index contributed by atoms with van der Waals surface area (Å²) >= 11 is 0. The van der Waals surface area contributed by atoms with Crippen molar-refractivity contribution in [2.24, 2.45) is 0 Å². The lowest BCUT2D eigenvalue weighted by atomic mass is 10.0. The van der Waals surface area contributed by atoms with Crippen molar-refractivity contribution >= 4 is 5.91 Å². The van der Waals surface area contributed by atoms with E-state index in [2.05, 4.69) is 51.4 Å². The Morgan fingerprint density at radius 2 is 1.88 bits per heavy atom. The van der Waals surface area contributed by atoms with Gasteiger partial charge in [-0.25, -0.2) is 4.98 Å². The number of hydrogen-bond acceptors (Lipinski definition) is 5. The van der Waals surface area contributed by atoms with Gasteiger partial charge in [0.2, 0.25) is 0 Å². The van der Waals surface area contributed by atoms with Gasteiger partial charge < -0.3 is 10.1 Å². The van der Waals surface area contributed by atoms with Gasteiger partial charge in [0.15, 0.2) is 0 Å². The van der Waals surface area contributed by atoms with Gasteiger partial charge in [-0.1, -0.05) is 29.8 Å². The topological polar surface area (TPSA) is 67.3 Å². The molecule has 1 amide bonds. The Balaban J connectivity index is 1.76. The van der Waals surface area contributed by atoms with Crippen LogP contribution in [0.5, 0.6) is 0 Å². The van der Waals surface area contributed by atoms with Crippen LogP contribution in [0.15, 0.2) is 36.7 Å². The molecule has 2 heterocycles. The lowest BCUT2D eigenvalue weighted by Gasteiger charge is -2.31. The number of ether oxygens (including phenoxy) is 1. The van der Waals surface area contributed by atoms with E-state index in [4.69, 9.17) is 4.74 Å². The van der Waals surface area contributed by atoms with E-state index in [0.717, 1.165) is 44.1 Å². The molecule has 1 aliphatic heterocycles. The normalized spacial score (nSPS) is 16.4. The molecule has 0 radical (unpaired) electrons. The van der Waals surface area contributed by atoms with Gasteiger partial charge in [-0.2, -0.15) is 0 Å². The predicted octanol–water partition coefficient (Wildman–Crippen LogP) is 1.90. The summed E-state index contributed by atoms with van der Waals surface area (Å²) in [5.41, 5.74) is 3.42. The fourth-order valence-corrected chi connectivity index (χ4v) is 2.82. The average molecular weight is 340 g/mol. The number of rotatable bonds is 5. The standard InChI is InChI=1S/C19H24N4O2/c1-14-3-5-16(6-4-14)18(13-23-7-9-25-10-8-23)22-19(24)17-12-20-15(2)11-21-17/h3-6,11-12,18H,7-10,13H2,1-2H3,(H,22,24)/t18-/m1/s1. The monoisotopic (exact) mass is 340 g/mol. The van der Waals surface area contributed by atoms with Crippen molar-refractivity contribution in [3.63, 3.8) is 0 Å². The van der Waals surface area contributed by atoms with Crippen molar-refractivity contribution in [3.8, 4) is 0 Å². The van der Waals surface area contributed by atoms with E-state index in [0.29, 0.717) is 5.69 Å². The van der Waals surface area contributed by atoms with E-state index < -0.39 is 0 Å². The van der Waals surface area contributed by atoms with E-state index in [1.54, 1.807) is 6.20 Å². The molecule has 0 bridgehead atoms. The van der Waals surface area contributed by atoms with Gasteiger partial charge in [0.05, 0.1) is 31.1 Å². The third kappa shape index (κ3) is 4.84. The van der Waals surface area contributed by atoms with Crippen LogP contribution in [0.25, 0.3) is 0 Å². The number of nitrogens with zero attached hydrogens (tertiary/aromatic N) is 3. The van der Waals surface area contributed by atoms with E-state index in [9.17, 15) is 4.79 Å². The molecule has 1 aromatic heterocycles. The minimum atomic E-state index is -0.202. The summed E-state index contributed by atoms with van der Waals surface area (Å²) in [7, 11) is 0. The van der Waals surface area contributed by atoms with Crippen LogP contribution in [0.2, 0.25) is 0 Å². The molecule has 6 heteroatoms. The molecule has 6 nitrogen and oxygen atoms in total. The van der Waals surface area contributed by atoms with Crippen molar-refractivity contribution < 1.29 is 9.53 Å². The van der Waals surface area contributed by atoms with Crippen molar-refractivity contribution in [2.75, 3.05) is 32.8 Å². The van der Waals surface area contributed by atoms with Crippen molar-refractivity contribution in [2.45, 2.75) is 19.9 Å². The Morgan fingerprint density at radius 1 is 1.16 bits per heavy atom. The smallest absolute Gasteiger partial charge is 0.272 e. The number of amides is 1. The number of carbonyl (C=O) groups is 1. The average Bonchev–Trinajstić information content (AvgIpc) is 2.63. The number of morpholine rings is 1. The quantitative estimate of drug-likeness (QED) is 0.900. The molecule has 0 aliphatic carbocycles. The molecule has 0 unspecified atom stereocenters. The lowest BCUT2D eigenvalue weighted by Crippen LogP contribution is -2.43. The molecule has 132 valence electrons. The van der Waals surface area contributed by atoms with Crippen LogP contribution in [0.4, 0.5) is 0 Å². The molecular formula is C19H24N4O2. The highest BCUT2D eigenvalue weighted by Gasteiger charge is 2.21. The molecule has 0 saturated carbocycles. The third-order valence-corrected chi connectivity index (χ3v) is 4.34. The third-order valence-electron chi connectivity index (χ3n) is 4.34. The largest absolute Gasteiger partial charge is 0.379 e. The summed E-state index contributed by atoms with van der Waals surface area (Å²) in [5, 5.41) is 3.11. The second kappa shape index (κ2) is 8.18. The van der Waals surface area contributed by atoms with Gasteiger partial charge in [-0.3, -0.25) is 14.7 Å². The molecule has 1 aromatic carbocycles. The van der Waals surface area contributed by atoms with Crippen LogP contribution < -0.4 is 5.32 Å². The first-order valence-corrected chi connectivity index (χ1v) is 8.58. The Labute approximate surface area is 148 Å². The summed E-state index contributed by atoms with van der Waals surface area (Å²) in [6.07, 6.45) is 3.13. The van der Waals surface area contributed by atoms with Crippen LogP contribution in [-0.2, 0) is 4.74 Å². The fraction of sp³-hybridized carbons (Fsp3) is 0.421. The number of carbonyl (C=O) groups excluding carboxylic acids is 1. The van der Waals surface area contributed by atoms with E-state index in [-0.39, 0.29) is 11.9 Å². The first-order valence-electron chi connectivity index (χ1n) is 8.58. The number of aryl methyl sites for hydroxylation is 2. The molecule has 1 aliphatic rings. The van der Waals surface area contributed by atoms with Crippen LogP contribution in [0.1, 0.15) is 33.4 Å². The maximum Gasteiger partial charge on any atom is 0.272 e. The van der Waals surface area contributed by atoms with E-state index in [1.165, 1.54) is 11.8 Å². The summed E-state index contributed by atoms with van der Waals surface area (Å²) in [4.78, 5) is 23.2. The zero-order valence-corrected chi connectivity index (χ0v) is 14.7. The maximum absolute atomic E-state index is 12.6. The Kier molecular flexibility index (Phi) is 5.73. The highest BCUT2D eigenvalue weighted by Crippen LogP contribution is 2.17. The van der Waals surface area contributed by atoms with Crippen molar-refractivity contribution in [1.29, 1.82) is 0 Å². The molecule has 1 saturated heterocycles. The van der Waals surface area contributed by atoms with Crippen LogP contribution in [0.3, 0.4) is 0 Å². The first-order chi connectivity index (χ1) is 12.1. The predicted molar refractivity (Wildman–Crippen MR) is 95.4 cm³/mol. The van der Waals surface area contributed by atoms with Crippen molar-refractivity contribution in [3.05, 3.63) is 59.2 Å². The van der Waals surface area contributed by atoms with Crippen LogP contribution in [-0.4, -0.2) is 53.6 Å². The van der Waals surface area contributed by atoms with Crippen LogP contribution in [0, 0.1) is 13.8 Å². The molecule has 0 spiro atoms. The van der Waals surface area contributed by atoms with Gasteiger partial charge in [0, 0.05) is 25.8 Å². The Bertz CT molecular complexity index is 694. The number of hydrogen-bond donors (Lipinski definition) is 1. The molecule has 1 atom stereocenters. The zero-order valence-electron chi connectivity index (χ0n) is 14.7. The van der Waals surface area contributed by atoms with Gasteiger partial charge in [-0.05, 0) is 19.4 Å². The minimum Gasteiger partial charge on any atom is -0.379 e. The summed E-state index contributed by atoms with van der Waals surface area (Å²) in [6.45, 7) is 7.88. The van der Waals surface area contributed by atoms with Gasteiger partial charge in [0.1, 0.15) is 5.69 Å². The number of aromatic nitrogens is 2. The molecule has 1 N–H and O–H groups in total. The van der Waals surface area contributed by atoms with Gasteiger partial charge in [-0.15, -0.1) is 0 Å². The summed E-state index contributed by atoms with van der Waals surface area (Å²) < 4.78 is 5.42. The number of nitrogens with one attached hydrogen (secondary N) is 1. The lowest BCUT2D eigenvalue weighted by molar-refractivity contribution is 0.0332. The second-order valence-electron chi connectivity index (χ2n) is 6.39. The molecule has 1 fully saturated rings. The molecule has 25 heavy (non-hydrogen) atoms. The number of benzene rings is 1. The Hall–Kier alpha value is -2.31. The second-order valence-corrected chi connectivity index (χ2v) is 6.39. The highest BCUT2D eigenvalue weighted by atomic mass is 16.5. The molecular weight excluding hydrogens is 316 g/mol. The van der Waals surface area contributed by atoms with E-state index >= 15 is 0 Å². The SMILES string of the molecule is Cc1ccc([C@@H](CN2CCOCC2)NC(=O)c2cnc(C)cn2)cc1. The Morgan fingerprint density at radius 3 is 2.52 bits per heavy atom. The summed E-state index contributed by atoms with van der Waals surface area (Å²) in [6, 6.07) is 8.18. The van der Waals surface area contributed by atoms with Crippen molar-refractivity contribution in [1.82, 2.24) is 20.2 Å². The van der Waals surface area contributed by atoms with Gasteiger partial charge in [0.25, 0.3) is 5.91 Å².